The normalized spacial score (nSPS) is 13.6. The van der Waals surface area contributed by atoms with E-state index >= 15 is 0 Å². The molecule has 0 fully saturated rings. The zero-order chi connectivity index (χ0) is 17.3. The Hall–Kier alpha value is -2.02. The average molecular weight is 361 g/mol. The fourth-order valence-electron chi connectivity index (χ4n) is 1.32. The van der Waals surface area contributed by atoms with Gasteiger partial charge < -0.3 is 5.11 Å². The number of carboxylic acid groups (broad SMARTS) is 1. The highest BCUT2D eigenvalue weighted by atomic mass is 32.2. The van der Waals surface area contributed by atoms with Crippen LogP contribution in [0.15, 0.2) is 28.0 Å². The molecular formula is C9H6F3NO7S2. The first-order valence-electron chi connectivity index (χ1n) is 5.08. The van der Waals surface area contributed by atoms with Gasteiger partial charge in [0, 0.05) is 6.07 Å². The molecule has 8 nitrogen and oxygen atoms in total. The Labute approximate surface area is 123 Å². The molecule has 1 rings (SSSR count). The Morgan fingerprint density at radius 1 is 1.36 bits per heavy atom. The lowest BCUT2D eigenvalue weighted by atomic mass is 10.3. The molecule has 0 aliphatic rings. The largest absolute Gasteiger partial charge is 0.501 e. The molecule has 122 valence electrons. The van der Waals surface area contributed by atoms with E-state index in [0.29, 0.717) is 12.1 Å². The molecule has 1 N–H and O–H groups in total. The summed E-state index contributed by atoms with van der Waals surface area (Å²) in [5.74, 6) is -2.58. The van der Waals surface area contributed by atoms with E-state index in [1.54, 1.807) is 0 Å². The number of benzene rings is 1. The van der Waals surface area contributed by atoms with E-state index < -0.39 is 58.3 Å². The summed E-state index contributed by atoms with van der Waals surface area (Å²) in [6.45, 7) is 0. The number of hydrogen-bond acceptors (Lipinski definition) is 6. The number of carboxylic acids is 1. The van der Waals surface area contributed by atoms with Gasteiger partial charge in [0.05, 0.1) is 20.6 Å². The maximum atomic E-state index is 12.4. The van der Waals surface area contributed by atoms with Crippen LogP contribution in [0.4, 0.5) is 18.9 Å². The number of aliphatic carboxylic acids is 1. The fraction of sp³-hybridized carbons (Fsp3) is 0.222. The second-order valence-corrected chi connectivity index (χ2v) is 7.08. The van der Waals surface area contributed by atoms with Crippen LogP contribution in [0.5, 0.6) is 0 Å². The van der Waals surface area contributed by atoms with Crippen LogP contribution in [0.1, 0.15) is 0 Å². The summed E-state index contributed by atoms with van der Waals surface area (Å²) in [6, 6.07) is 0.999. The van der Waals surface area contributed by atoms with Gasteiger partial charge in [-0.05, 0) is 12.1 Å². The minimum absolute atomic E-state index is 0.0951. The molecule has 1 aromatic rings. The molecule has 1 atom stereocenters. The maximum Gasteiger partial charge on any atom is 0.501 e. The number of alkyl halides is 3. The highest BCUT2D eigenvalue weighted by Crippen LogP contribution is 2.33. The standard InChI is InChI=1S/C9H6F3NO7S2/c10-9(11,12)22(19,20)5-1-2-7(6(3-5)13(16)17)21(18)4-8(14)15/h1-3H,4H2,(H,14,15)/t21-/m0/s1. The number of nitro benzene ring substituents is 1. The van der Waals surface area contributed by atoms with E-state index in [9.17, 15) is 40.7 Å². The minimum atomic E-state index is -5.82. The first-order valence-corrected chi connectivity index (χ1v) is 7.88. The van der Waals surface area contributed by atoms with E-state index in [-0.39, 0.29) is 6.07 Å². The number of nitrogens with zero attached hydrogens (tertiary/aromatic N) is 1. The monoisotopic (exact) mass is 361 g/mol. The second kappa shape index (κ2) is 6.00. The maximum absolute atomic E-state index is 12.4. The predicted molar refractivity (Wildman–Crippen MR) is 65.2 cm³/mol. The third-order valence-corrected chi connectivity index (χ3v) is 5.07. The second-order valence-electron chi connectivity index (χ2n) is 3.72. The number of halogens is 3. The molecular weight excluding hydrogens is 355 g/mol. The van der Waals surface area contributed by atoms with Crippen LogP contribution in [0, 0.1) is 10.1 Å². The number of sulfone groups is 1. The Morgan fingerprint density at radius 2 is 1.91 bits per heavy atom. The lowest BCUT2D eigenvalue weighted by Gasteiger charge is -2.09. The first-order chi connectivity index (χ1) is 9.87. The fourth-order valence-corrected chi connectivity index (χ4v) is 3.07. The summed E-state index contributed by atoms with van der Waals surface area (Å²) in [5, 5.41) is 19.2. The Balaban J connectivity index is 3.49. The van der Waals surface area contributed by atoms with Gasteiger partial charge in [-0.1, -0.05) is 0 Å². The number of carbonyl (C=O) groups is 1. The van der Waals surface area contributed by atoms with Gasteiger partial charge in [0.1, 0.15) is 10.6 Å². The molecule has 0 aromatic heterocycles. The molecule has 0 aliphatic heterocycles. The van der Waals surface area contributed by atoms with Gasteiger partial charge in [-0.3, -0.25) is 19.1 Å². The van der Waals surface area contributed by atoms with Crippen molar-refractivity contribution in [2.45, 2.75) is 15.3 Å². The van der Waals surface area contributed by atoms with E-state index in [1.807, 2.05) is 0 Å². The highest BCUT2D eigenvalue weighted by molar-refractivity contribution is 7.92. The number of hydrogen-bond donors (Lipinski definition) is 1. The molecule has 0 amide bonds. The molecule has 0 spiro atoms. The molecule has 13 heteroatoms. The van der Waals surface area contributed by atoms with Gasteiger partial charge in [0.25, 0.3) is 15.5 Å². The molecule has 0 radical (unpaired) electrons. The van der Waals surface area contributed by atoms with Gasteiger partial charge >= 0.3 is 11.5 Å². The zero-order valence-corrected chi connectivity index (χ0v) is 11.9. The summed E-state index contributed by atoms with van der Waals surface area (Å²) >= 11 is 0. The van der Waals surface area contributed by atoms with Crippen molar-refractivity contribution in [2.24, 2.45) is 0 Å². The van der Waals surface area contributed by atoms with E-state index in [0.717, 1.165) is 0 Å². The Bertz CT molecular complexity index is 757. The van der Waals surface area contributed by atoms with Crippen LogP contribution in [0.25, 0.3) is 0 Å². The molecule has 0 unspecified atom stereocenters. The van der Waals surface area contributed by atoms with Crippen LogP contribution >= 0.6 is 0 Å². The van der Waals surface area contributed by atoms with Crippen LogP contribution in [0.3, 0.4) is 0 Å². The van der Waals surface area contributed by atoms with Gasteiger partial charge in [-0.25, -0.2) is 8.42 Å². The summed E-state index contributed by atoms with van der Waals surface area (Å²) in [7, 11) is -8.24. The van der Waals surface area contributed by atoms with Gasteiger partial charge in [0.15, 0.2) is 0 Å². The van der Waals surface area contributed by atoms with Crippen molar-refractivity contribution in [3.8, 4) is 0 Å². The minimum Gasteiger partial charge on any atom is -0.481 e. The van der Waals surface area contributed by atoms with Crippen molar-refractivity contribution in [3.63, 3.8) is 0 Å². The lowest BCUT2D eigenvalue weighted by Crippen LogP contribution is -2.23. The molecule has 0 saturated carbocycles. The van der Waals surface area contributed by atoms with Crippen molar-refractivity contribution < 1.29 is 40.6 Å². The van der Waals surface area contributed by atoms with E-state index in [4.69, 9.17) is 5.11 Å². The average Bonchev–Trinajstić information content (AvgIpc) is 2.35. The molecule has 22 heavy (non-hydrogen) atoms. The third kappa shape index (κ3) is 3.59. The zero-order valence-electron chi connectivity index (χ0n) is 10.2. The topological polar surface area (TPSA) is 132 Å². The van der Waals surface area contributed by atoms with Gasteiger partial charge in [-0.15, -0.1) is 0 Å². The van der Waals surface area contributed by atoms with Gasteiger partial charge in [-0.2, -0.15) is 13.2 Å². The Morgan fingerprint density at radius 3 is 2.32 bits per heavy atom. The highest BCUT2D eigenvalue weighted by Gasteiger charge is 2.47. The quantitative estimate of drug-likeness (QED) is 0.613. The van der Waals surface area contributed by atoms with Crippen LogP contribution < -0.4 is 0 Å². The van der Waals surface area contributed by atoms with Crippen molar-refractivity contribution in [1.82, 2.24) is 0 Å². The van der Waals surface area contributed by atoms with Crippen LogP contribution in [-0.4, -0.2) is 39.9 Å². The molecule has 1 aromatic carbocycles. The third-order valence-electron chi connectivity index (χ3n) is 2.24. The molecule has 0 aliphatic carbocycles. The van der Waals surface area contributed by atoms with Gasteiger partial charge in [0.2, 0.25) is 0 Å². The first kappa shape index (κ1) is 18.0. The summed E-state index contributed by atoms with van der Waals surface area (Å²) in [5.41, 5.74) is -6.84. The van der Waals surface area contributed by atoms with Crippen molar-refractivity contribution in [2.75, 3.05) is 5.75 Å². The summed E-state index contributed by atoms with van der Waals surface area (Å²) in [6.07, 6.45) is 0. The lowest BCUT2D eigenvalue weighted by molar-refractivity contribution is -0.388. The number of rotatable bonds is 5. The van der Waals surface area contributed by atoms with Crippen LogP contribution in [0.2, 0.25) is 0 Å². The summed E-state index contributed by atoms with van der Waals surface area (Å²) in [4.78, 5) is 17.9. The van der Waals surface area contributed by atoms with Crippen molar-refractivity contribution in [3.05, 3.63) is 28.3 Å². The smallest absolute Gasteiger partial charge is 0.481 e. The Kier molecular flexibility index (Phi) is 4.92. The van der Waals surface area contributed by atoms with E-state index in [1.165, 1.54) is 0 Å². The predicted octanol–water partition coefficient (Wildman–Crippen LogP) is 1.08. The molecule has 0 heterocycles. The molecule has 0 saturated heterocycles. The van der Waals surface area contributed by atoms with Crippen molar-refractivity contribution >= 4 is 32.3 Å². The van der Waals surface area contributed by atoms with E-state index in [2.05, 4.69) is 0 Å². The molecule has 0 bridgehead atoms. The van der Waals surface area contributed by atoms with Crippen molar-refractivity contribution in [1.29, 1.82) is 0 Å². The number of nitro groups is 1. The van der Waals surface area contributed by atoms with Crippen LogP contribution in [-0.2, 0) is 25.4 Å². The SMILES string of the molecule is O=C(O)C[S@](=O)c1ccc(S(=O)(=O)C(F)(F)F)cc1[N+](=O)[O-]. The summed E-state index contributed by atoms with van der Waals surface area (Å²) < 4.78 is 71.1.